The van der Waals surface area contributed by atoms with Crippen molar-refractivity contribution >= 4 is 28.9 Å². The molecule has 2 N–H and O–H groups in total. The van der Waals surface area contributed by atoms with Crippen LogP contribution in [0.5, 0.6) is 5.75 Å². The molecule has 0 spiro atoms. The standard InChI is InChI=1S/C18H15ClN2O4S/c1-10(11-5-2-3-6-12(11)19)9-21-16(13-7-4-8-26-13)20-14(18(24)25)15(22)17(21)23/h2-8,10,22H,9H2,1H3,(H,24,25). The Morgan fingerprint density at radius 3 is 2.65 bits per heavy atom. The number of hydrogen-bond donors (Lipinski definition) is 2. The highest BCUT2D eigenvalue weighted by atomic mass is 35.5. The highest BCUT2D eigenvalue weighted by Crippen LogP contribution is 2.29. The van der Waals surface area contributed by atoms with E-state index in [0.717, 1.165) is 5.56 Å². The van der Waals surface area contributed by atoms with Crippen LogP contribution >= 0.6 is 22.9 Å². The van der Waals surface area contributed by atoms with Crippen LogP contribution < -0.4 is 5.56 Å². The molecular weight excluding hydrogens is 376 g/mol. The zero-order valence-electron chi connectivity index (χ0n) is 13.7. The molecule has 0 saturated carbocycles. The molecule has 1 unspecified atom stereocenters. The molecule has 1 atom stereocenters. The van der Waals surface area contributed by atoms with E-state index in [1.807, 2.05) is 25.1 Å². The Morgan fingerprint density at radius 1 is 1.31 bits per heavy atom. The average Bonchev–Trinajstić information content (AvgIpc) is 3.13. The van der Waals surface area contributed by atoms with Gasteiger partial charge < -0.3 is 10.2 Å². The zero-order chi connectivity index (χ0) is 18.8. The number of carboxylic acid groups (broad SMARTS) is 1. The monoisotopic (exact) mass is 390 g/mol. The van der Waals surface area contributed by atoms with E-state index in [1.165, 1.54) is 15.9 Å². The van der Waals surface area contributed by atoms with E-state index in [9.17, 15) is 19.8 Å². The summed E-state index contributed by atoms with van der Waals surface area (Å²) in [7, 11) is 0. The number of carbonyl (C=O) groups is 1. The number of thiophene rings is 1. The lowest BCUT2D eigenvalue weighted by atomic mass is 10.0. The van der Waals surface area contributed by atoms with E-state index < -0.39 is 23.0 Å². The largest absolute Gasteiger partial charge is 0.501 e. The second-order valence-corrected chi connectivity index (χ2v) is 7.11. The molecule has 0 aliphatic heterocycles. The van der Waals surface area contributed by atoms with Gasteiger partial charge in [-0.3, -0.25) is 9.36 Å². The van der Waals surface area contributed by atoms with Crippen LogP contribution in [0.15, 0.2) is 46.6 Å². The van der Waals surface area contributed by atoms with E-state index in [4.69, 9.17) is 11.6 Å². The van der Waals surface area contributed by atoms with Crippen molar-refractivity contribution in [3.8, 4) is 16.5 Å². The quantitative estimate of drug-likeness (QED) is 0.690. The van der Waals surface area contributed by atoms with Gasteiger partial charge in [0, 0.05) is 17.5 Å². The molecule has 0 aliphatic rings. The van der Waals surface area contributed by atoms with Crippen molar-refractivity contribution in [2.45, 2.75) is 19.4 Å². The molecule has 8 heteroatoms. The van der Waals surface area contributed by atoms with E-state index in [2.05, 4.69) is 4.98 Å². The maximum atomic E-state index is 12.6. The first kappa shape index (κ1) is 18.2. The molecule has 3 rings (SSSR count). The van der Waals surface area contributed by atoms with E-state index >= 15 is 0 Å². The number of hydrogen-bond acceptors (Lipinski definition) is 5. The lowest BCUT2D eigenvalue weighted by molar-refractivity contribution is 0.0686. The summed E-state index contributed by atoms with van der Waals surface area (Å²) in [6.07, 6.45) is 0. The van der Waals surface area contributed by atoms with Crippen molar-refractivity contribution in [3.63, 3.8) is 0 Å². The van der Waals surface area contributed by atoms with Crippen LogP contribution in [0, 0.1) is 0 Å². The lowest BCUT2D eigenvalue weighted by Gasteiger charge is -2.18. The molecule has 0 radical (unpaired) electrons. The van der Waals surface area contributed by atoms with Crippen LogP contribution in [0.2, 0.25) is 5.02 Å². The molecule has 0 fully saturated rings. The number of halogens is 1. The molecule has 26 heavy (non-hydrogen) atoms. The number of aromatic carboxylic acids is 1. The van der Waals surface area contributed by atoms with Crippen molar-refractivity contribution in [2.75, 3.05) is 0 Å². The predicted octanol–water partition coefficient (Wildman–Crippen LogP) is 3.83. The van der Waals surface area contributed by atoms with Crippen LogP contribution in [0.4, 0.5) is 0 Å². The predicted molar refractivity (Wildman–Crippen MR) is 100 cm³/mol. The Morgan fingerprint density at radius 2 is 2.04 bits per heavy atom. The van der Waals surface area contributed by atoms with E-state index in [0.29, 0.717) is 9.90 Å². The first-order valence-corrected chi connectivity index (χ1v) is 9.01. The minimum Gasteiger partial charge on any atom is -0.501 e. The first-order chi connectivity index (χ1) is 12.4. The van der Waals surface area contributed by atoms with Crippen molar-refractivity contribution < 1.29 is 15.0 Å². The summed E-state index contributed by atoms with van der Waals surface area (Å²) in [5, 5.41) is 21.6. The molecule has 0 aliphatic carbocycles. The second-order valence-electron chi connectivity index (χ2n) is 5.75. The molecule has 0 amide bonds. The van der Waals surface area contributed by atoms with Gasteiger partial charge in [-0.15, -0.1) is 11.3 Å². The van der Waals surface area contributed by atoms with Gasteiger partial charge in [-0.1, -0.05) is 42.8 Å². The Hall–Kier alpha value is -2.64. The minimum atomic E-state index is -1.45. The molecule has 0 saturated heterocycles. The van der Waals surface area contributed by atoms with E-state index in [1.54, 1.807) is 23.6 Å². The molecule has 1 aromatic carbocycles. The normalized spacial score (nSPS) is 12.1. The lowest BCUT2D eigenvalue weighted by Crippen LogP contribution is -2.27. The Kier molecular flexibility index (Phi) is 5.11. The van der Waals surface area contributed by atoms with Gasteiger partial charge in [0.05, 0.1) is 4.88 Å². The van der Waals surface area contributed by atoms with Gasteiger partial charge in [-0.25, -0.2) is 9.78 Å². The molecule has 2 aromatic heterocycles. The molecular formula is C18H15ClN2O4S. The molecule has 6 nitrogen and oxygen atoms in total. The van der Waals surface area contributed by atoms with Crippen molar-refractivity contribution in [2.24, 2.45) is 0 Å². The summed E-state index contributed by atoms with van der Waals surface area (Å²) < 4.78 is 1.29. The summed E-state index contributed by atoms with van der Waals surface area (Å²) in [4.78, 5) is 28.6. The number of carboxylic acids is 1. The summed E-state index contributed by atoms with van der Waals surface area (Å²) in [6, 6.07) is 10.8. The molecule has 134 valence electrons. The van der Waals surface area contributed by atoms with Gasteiger partial charge in [0.25, 0.3) is 5.56 Å². The maximum Gasteiger partial charge on any atom is 0.358 e. The smallest absolute Gasteiger partial charge is 0.358 e. The maximum absolute atomic E-state index is 12.6. The van der Waals surface area contributed by atoms with Crippen LogP contribution in [0.3, 0.4) is 0 Å². The van der Waals surface area contributed by atoms with Crippen molar-refractivity contribution in [1.82, 2.24) is 9.55 Å². The Balaban J connectivity index is 2.14. The topological polar surface area (TPSA) is 92.4 Å². The van der Waals surface area contributed by atoms with Crippen LogP contribution in [-0.2, 0) is 6.54 Å². The third kappa shape index (κ3) is 3.36. The van der Waals surface area contributed by atoms with Gasteiger partial charge in [0.1, 0.15) is 0 Å². The Labute approximate surface area is 158 Å². The summed E-state index contributed by atoms with van der Waals surface area (Å²) >= 11 is 7.56. The number of aromatic nitrogens is 2. The van der Waals surface area contributed by atoms with E-state index in [-0.39, 0.29) is 18.3 Å². The van der Waals surface area contributed by atoms with Gasteiger partial charge in [-0.2, -0.15) is 0 Å². The highest BCUT2D eigenvalue weighted by molar-refractivity contribution is 7.13. The Bertz CT molecular complexity index is 1010. The van der Waals surface area contributed by atoms with Crippen molar-refractivity contribution in [1.29, 1.82) is 0 Å². The van der Waals surface area contributed by atoms with Crippen molar-refractivity contribution in [3.05, 3.63) is 68.4 Å². The fourth-order valence-electron chi connectivity index (χ4n) is 2.70. The average molecular weight is 391 g/mol. The number of benzene rings is 1. The fraction of sp³-hybridized carbons (Fsp3) is 0.167. The number of aromatic hydroxyl groups is 1. The fourth-order valence-corrected chi connectivity index (χ4v) is 3.75. The molecule has 3 aromatic rings. The second kappa shape index (κ2) is 7.31. The summed E-state index contributed by atoms with van der Waals surface area (Å²) in [5.74, 6) is -2.27. The SMILES string of the molecule is CC(Cn1c(-c2cccs2)nc(C(=O)O)c(O)c1=O)c1ccccc1Cl. The molecule has 0 bridgehead atoms. The van der Waals surface area contributed by atoms with Gasteiger partial charge in [-0.05, 0) is 23.1 Å². The molecule has 2 heterocycles. The van der Waals surface area contributed by atoms with Gasteiger partial charge in [0.15, 0.2) is 11.5 Å². The minimum absolute atomic E-state index is 0.156. The summed E-state index contributed by atoms with van der Waals surface area (Å²) in [5.41, 5.74) is -0.597. The number of rotatable bonds is 5. The number of nitrogens with zero attached hydrogens (tertiary/aromatic N) is 2. The van der Waals surface area contributed by atoms with Gasteiger partial charge in [0.2, 0.25) is 5.75 Å². The van der Waals surface area contributed by atoms with Crippen LogP contribution in [-0.4, -0.2) is 25.7 Å². The summed E-state index contributed by atoms with van der Waals surface area (Å²) in [6.45, 7) is 2.09. The first-order valence-electron chi connectivity index (χ1n) is 7.75. The third-order valence-electron chi connectivity index (χ3n) is 3.98. The van der Waals surface area contributed by atoms with Gasteiger partial charge >= 0.3 is 5.97 Å². The van der Waals surface area contributed by atoms with Crippen LogP contribution in [0.1, 0.15) is 28.9 Å². The third-order valence-corrected chi connectivity index (χ3v) is 5.19. The van der Waals surface area contributed by atoms with Crippen LogP contribution in [0.25, 0.3) is 10.7 Å². The highest BCUT2D eigenvalue weighted by Gasteiger charge is 2.23. The zero-order valence-corrected chi connectivity index (χ0v) is 15.3.